The second-order valence-corrected chi connectivity index (χ2v) is 5.14. The number of rotatable bonds is 5. The van der Waals surface area contributed by atoms with Gasteiger partial charge in [0.15, 0.2) is 0 Å². The van der Waals surface area contributed by atoms with Crippen LogP contribution in [0.5, 0.6) is 0 Å². The van der Waals surface area contributed by atoms with Crippen molar-refractivity contribution in [3.63, 3.8) is 0 Å². The molecule has 0 bridgehead atoms. The molecule has 7 heteroatoms. The van der Waals surface area contributed by atoms with Gasteiger partial charge in [-0.25, -0.2) is 5.43 Å². The third-order valence-electron chi connectivity index (χ3n) is 3.50. The molecule has 0 radical (unpaired) electrons. The minimum atomic E-state index is -0.468. The highest BCUT2D eigenvalue weighted by molar-refractivity contribution is 5.85. The fourth-order valence-electron chi connectivity index (χ4n) is 2.33. The van der Waals surface area contributed by atoms with Crippen LogP contribution in [0.4, 0.5) is 5.69 Å². The molecule has 1 aromatic heterocycles. The van der Waals surface area contributed by atoms with Crippen LogP contribution < -0.4 is 5.43 Å². The zero-order chi connectivity index (χ0) is 16.9. The summed E-state index contributed by atoms with van der Waals surface area (Å²) in [6.07, 6.45) is 3.29. The summed E-state index contributed by atoms with van der Waals surface area (Å²) in [6, 6.07) is 15.6. The summed E-state index contributed by atoms with van der Waals surface area (Å²) in [6.45, 7) is 0.158. The Bertz CT molecular complexity index is 913. The Morgan fingerprint density at radius 3 is 2.67 bits per heavy atom. The van der Waals surface area contributed by atoms with Gasteiger partial charge in [0.1, 0.15) is 6.54 Å². The molecule has 3 rings (SSSR count). The monoisotopic (exact) mass is 322 g/mol. The molecule has 0 saturated carbocycles. The third kappa shape index (κ3) is 3.46. The Labute approximate surface area is 137 Å². The SMILES string of the molecule is O=C(Cn1ccc2ccccc21)N/N=C\c1ccc([N+](=O)[O-])cc1. The molecule has 0 aliphatic heterocycles. The predicted octanol–water partition coefficient (Wildman–Crippen LogP) is 2.70. The molecular weight excluding hydrogens is 308 g/mol. The number of nitro benzene ring substituents is 1. The summed E-state index contributed by atoms with van der Waals surface area (Å²) in [4.78, 5) is 22.1. The number of hydrazone groups is 1. The van der Waals surface area contributed by atoms with E-state index in [1.54, 1.807) is 12.1 Å². The van der Waals surface area contributed by atoms with Crippen LogP contribution in [-0.2, 0) is 11.3 Å². The topological polar surface area (TPSA) is 89.5 Å². The molecule has 7 nitrogen and oxygen atoms in total. The second kappa shape index (κ2) is 6.74. The van der Waals surface area contributed by atoms with Crippen LogP contribution in [0.1, 0.15) is 5.56 Å². The molecule has 0 spiro atoms. The Kier molecular flexibility index (Phi) is 4.33. The van der Waals surface area contributed by atoms with E-state index in [1.807, 2.05) is 41.1 Å². The zero-order valence-corrected chi connectivity index (χ0v) is 12.6. The number of para-hydroxylation sites is 1. The maximum atomic E-state index is 12.0. The van der Waals surface area contributed by atoms with Gasteiger partial charge >= 0.3 is 0 Å². The number of hydrogen-bond acceptors (Lipinski definition) is 4. The van der Waals surface area contributed by atoms with Crippen molar-refractivity contribution < 1.29 is 9.72 Å². The minimum Gasteiger partial charge on any atom is -0.338 e. The van der Waals surface area contributed by atoms with E-state index in [9.17, 15) is 14.9 Å². The van der Waals surface area contributed by atoms with Crippen molar-refractivity contribution >= 4 is 28.7 Å². The first-order chi connectivity index (χ1) is 11.6. The quantitative estimate of drug-likeness (QED) is 0.445. The van der Waals surface area contributed by atoms with Gasteiger partial charge < -0.3 is 4.57 Å². The third-order valence-corrected chi connectivity index (χ3v) is 3.50. The van der Waals surface area contributed by atoms with Crippen LogP contribution in [0.15, 0.2) is 65.9 Å². The molecular formula is C17H14N4O3. The average Bonchev–Trinajstić information content (AvgIpc) is 2.98. The van der Waals surface area contributed by atoms with E-state index < -0.39 is 4.92 Å². The van der Waals surface area contributed by atoms with Gasteiger partial charge in [-0.2, -0.15) is 5.10 Å². The highest BCUT2D eigenvalue weighted by Gasteiger charge is 2.05. The number of non-ortho nitro benzene ring substituents is 1. The number of carbonyl (C=O) groups is 1. The van der Waals surface area contributed by atoms with Gasteiger partial charge in [-0.1, -0.05) is 18.2 Å². The molecule has 0 fully saturated rings. The van der Waals surface area contributed by atoms with Gasteiger partial charge in [-0.3, -0.25) is 14.9 Å². The maximum Gasteiger partial charge on any atom is 0.269 e. The Balaban J connectivity index is 1.60. The van der Waals surface area contributed by atoms with Crippen LogP contribution >= 0.6 is 0 Å². The van der Waals surface area contributed by atoms with E-state index >= 15 is 0 Å². The van der Waals surface area contributed by atoms with Crippen LogP contribution in [0.3, 0.4) is 0 Å². The standard InChI is InChI=1S/C17H14N4O3/c22-17(12-20-10-9-14-3-1-2-4-16(14)20)19-18-11-13-5-7-15(8-6-13)21(23)24/h1-11H,12H2,(H,19,22)/b18-11-. The minimum absolute atomic E-state index is 0.00988. The molecule has 2 aromatic carbocycles. The van der Waals surface area contributed by atoms with Crippen LogP contribution in [-0.4, -0.2) is 21.6 Å². The molecule has 0 unspecified atom stereocenters. The number of nitrogens with one attached hydrogen (secondary N) is 1. The lowest BCUT2D eigenvalue weighted by atomic mass is 10.2. The van der Waals surface area contributed by atoms with Crippen molar-refractivity contribution in [2.75, 3.05) is 0 Å². The number of amides is 1. The van der Waals surface area contributed by atoms with Crippen molar-refractivity contribution in [1.82, 2.24) is 9.99 Å². The summed E-state index contributed by atoms with van der Waals surface area (Å²) in [5.41, 5.74) is 4.10. The van der Waals surface area contributed by atoms with E-state index in [2.05, 4.69) is 10.5 Å². The first-order valence-corrected chi connectivity index (χ1v) is 7.24. The lowest BCUT2D eigenvalue weighted by Gasteiger charge is -2.03. The smallest absolute Gasteiger partial charge is 0.269 e. The van der Waals surface area contributed by atoms with Gasteiger partial charge in [0.05, 0.1) is 11.1 Å². The maximum absolute atomic E-state index is 12.0. The van der Waals surface area contributed by atoms with Gasteiger partial charge in [0.2, 0.25) is 0 Å². The first kappa shape index (κ1) is 15.4. The number of carbonyl (C=O) groups excluding carboxylic acids is 1. The lowest BCUT2D eigenvalue weighted by Crippen LogP contribution is -2.22. The van der Waals surface area contributed by atoms with Gasteiger partial charge in [-0.15, -0.1) is 0 Å². The van der Waals surface area contributed by atoms with E-state index in [0.29, 0.717) is 5.56 Å². The fraction of sp³-hybridized carbons (Fsp3) is 0.0588. The molecule has 0 atom stereocenters. The van der Waals surface area contributed by atoms with E-state index in [4.69, 9.17) is 0 Å². The molecule has 120 valence electrons. The molecule has 0 saturated heterocycles. The molecule has 1 heterocycles. The fourth-order valence-corrected chi connectivity index (χ4v) is 2.33. The van der Waals surface area contributed by atoms with E-state index in [0.717, 1.165) is 10.9 Å². The van der Waals surface area contributed by atoms with Crippen LogP contribution in [0, 0.1) is 10.1 Å². The number of hydrogen-bond donors (Lipinski definition) is 1. The van der Waals surface area contributed by atoms with E-state index in [1.165, 1.54) is 18.3 Å². The number of nitro groups is 1. The summed E-state index contributed by atoms with van der Waals surface area (Å²) in [7, 11) is 0. The van der Waals surface area contributed by atoms with Crippen molar-refractivity contribution in [3.05, 3.63) is 76.5 Å². The van der Waals surface area contributed by atoms with Gasteiger partial charge in [-0.05, 0) is 35.2 Å². The Morgan fingerprint density at radius 1 is 1.17 bits per heavy atom. The van der Waals surface area contributed by atoms with Crippen LogP contribution in [0.2, 0.25) is 0 Å². The normalized spacial score (nSPS) is 11.0. The van der Waals surface area contributed by atoms with Crippen LogP contribution in [0.25, 0.3) is 10.9 Å². The summed E-state index contributed by atoms with van der Waals surface area (Å²) in [5.74, 6) is -0.255. The highest BCUT2D eigenvalue weighted by Crippen LogP contribution is 2.14. The van der Waals surface area contributed by atoms with Crippen molar-refractivity contribution in [2.45, 2.75) is 6.54 Å². The summed E-state index contributed by atoms with van der Waals surface area (Å²) < 4.78 is 1.84. The lowest BCUT2D eigenvalue weighted by molar-refractivity contribution is -0.384. The highest BCUT2D eigenvalue weighted by atomic mass is 16.6. The Morgan fingerprint density at radius 2 is 1.92 bits per heavy atom. The zero-order valence-electron chi connectivity index (χ0n) is 12.6. The number of nitrogens with zero attached hydrogens (tertiary/aromatic N) is 3. The Hall–Kier alpha value is -3.48. The molecule has 1 amide bonds. The predicted molar refractivity (Wildman–Crippen MR) is 90.8 cm³/mol. The number of benzene rings is 2. The summed E-state index contributed by atoms with van der Waals surface area (Å²) >= 11 is 0. The molecule has 3 aromatic rings. The number of fused-ring (bicyclic) bond motifs is 1. The largest absolute Gasteiger partial charge is 0.338 e. The molecule has 1 N–H and O–H groups in total. The first-order valence-electron chi connectivity index (χ1n) is 7.24. The second-order valence-electron chi connectivity index (χ2n) is 5.14. The van der Waals surface area contributed by atoms with Crippen molar-refractivity contribution in [1.29, 1.82) is 0 Å². The molecule has 24 heavy (non-hydrogen) atoms. The molecule has 0 aliphatic rings. The van der Waals surface area contributed by atoms with Gasteiger partial charge in [0, 0.05) is 23.8 Å². The summed E-state index contributed by atoms with van der Waals surface area (Å²) in [5, 5.41) is 15.5. The number of aromatic nitrogens is 1. The molecule has 0 aliphatic carbocycles. The van der Waals surface area contributed by atoms with Gasteiger partial charge in [0.25, 0.3) is 11.6 Å². The van der Waals surface area contributed by atoms with Crippen molar-refractivity contribution in [2.24, 2.45) is 5.10 Å². The van der Waals surface area contributed by atoms with Crippen molar-refractivity contribution in [3.8, 4) is 0 Å². The van der Waals surface area contributed by atoms with E-state index in [-0.39, 0.29) is 18.1 Å². The average molecular weight is 322 g/mol.